The number of nitrogens with zero attached hydrogens (tertiary/aromatic N) is 1. The molecule has 3 aliphatic heterocycles. The Morgan fingerprint density at radius 3 is 2.70 bits per heavy atom. The second-order valence-electron chi connectivity index (χ2n) is 10.1. The van der Waals surface area contributed by atoms with E-state index in [0.717, 1.165) is 52.2 Å². The molecule has 0 radical (unpaired) electrons. The third-order valence-electron chi connectivity index (χ3n) is 8.50. The average molecular weight is 378 g/mol. The van der Waals surface area contributed by atoms with Crippen LogP contribution in [0.15, 0.2) is 0 Å². The van der Waals surface area contributed by atoms with Gasteiger partial charge >= 0.3 is 5.97 Å². The van der Waals surface area contributed by atoms with Gasteiger partial charge in [0.1, 0.15) is 12.0 Å². The highest BCUT2D eigenvalue weighted by molar-refractivity contribution is 5.75. The summed E-state index contributed by atoms with van der Waals surface area (Å²) in [6, 6.07) is 0. The topological polar surface area (TPSA) is 63.6 Å². The summed E-state index contributed by atoms with van der Waals surface area (Å²) in [5, 5.41) is 0. The lowest BCUT2D eigenvalue weighted by atomic mass is 9.53. The molecule has 1 spiro atoms. The molecule has 3 heterocycles. The zero-order valence-corrected chi connectivity index (χ0v) is 16.7. The predicted molar refractivity (Wildman–Crippen MR) is 98.0 cm³/mol. The van der Waals surface area contributed by atoms with Crippen molar-refractivity contribution in [2.75, 3.05) is 39.3 Å². The van der Waals surface area contributed by atoms with Gasteiger partial charge in [0, 0.05) is 12.8 Å². The number of rotatable bonds is 2. The summed E-state index contributed by atoms with van der Waals surface area (Å²) in [5.41, 5.74) is 0.388. The Labute approximate surface area is 161 Å². The number of hydrogen-bond acceptors (Lipinski definition) is 4. The highest BCUT2D eigenvalue weighted by Crippen LogP contribution is 2.62. The molecule has 0 aromatic carbocycles. The van der Waals surface area contributed by atoms with E-state index in [1.54, 1.807) is 6.92 Å². The largest absolute Gasteiger partial charge is 0.462 e. The molecule has 27 heavy (non-hydrogen) atoms. The molecule has 2 saturated carbocycles. The molecule has 5 rings (SSSR count). The van der Waals surface area contributed by atoms with E-state index in [4.69, 9.17) is 9.47 Å². The van der Waals surface area contributed by atoms with Gasteiger partial charge in [-0.2, -0.15) is 0 Å². The van der Waals surface area contributed by atoms with Gasteiger partial charge in [0.2, 0.25) is 5.91 Å². The first-order chi connectivity index (χ1) is 12.9. The molecule has 1 N–H and O–H groups in total. The molecule has 0 aromatic rings. The zero-order chi connectivity index (χ0) is 18.8. The molecule has 0 unspecified atom stereocenters. The van der Waals surface area contributed by atoms with Crippen LogP contribution in [-0.2, 0) is 19.1 Å². The fourth-order valence-electron chi connectivity index (χ4n) is 6.84. The van der Waals surface area contributed by atoms with Gasteiger partial charge in [-0.1, -0.05) is 6.92 Å². The van der Waals surface area contributed by atoms with Crippen LogP contribution in [-0.4, -0.2) is 67.8 Å². The SMILES string of the molecule is CC(=O)N1CC[NH+](C[C@H]2C(=O)O[C@@H]3C[C@@]4(C)CCC[C@]5(CO5)[C@@H]4C[C@@H]32)CC1. The van der Waals surface area contributed by atoms with Crippen LogP contribution >= 0.6 is 0 Å². The van der Waals surface area contributed by atoms with E-state index in [1.165, 1.54) is 24.2 Å². The number of piperazine rings is 1. The second-order valence-corrected chi connectivity index (χ2v) is 10.1. The van der Waals surface area contributed by atoms with Gasteiger partial charge in [-0.3, -0.25) is 9.59 Å². The molecule has 0 aromatic heterocycles. The Hall–Kier alpha value is -1.14. The van der Waals surface area contributed by atoms with Crippen LogP contribution in [0.4, 0.5) is 0 Å². The van der Waals surface area contributed by atoms with Gasteiger partial charge in [-0.05, 0) is 43.4 Å². The van der Waals surface area contributed by atoms with Gasteiger partial charge < -0.3 is 19.3 Å². The van der Waals surface area contributed by atoms with Crippen LogP contribution in [0.1, 0.15) is 46.0 Å². The Bertz CT molecular complexity index is 640. The third kappa shape index (κ3) is 2.91. The molecule has 5 aliphatic rings. The Kier molecular flexibility index (Phi) is 4.10. The molecule has 6 heteroatoms. The minimum absolute atomic E-state index is 0.0242. The van der Waals surface area contributed by atoms with Crippen LogP contribution < -0.4 is 4.90 Å². The predicted octanol–water partition coefficient (Wildman–Crippen LogP) is 0.260. The van der Waals surface area contributed by atoms with E-state index in [9.17, 15) is 9.59 Å². The summed E-state index contributed by atoms with van der Waals surface area (Å²) >= 11 is 0. The zero-order valence-electron chi connectivity index (χ0n) is 16.7. The fourth-order valence-corrected chi connectivity index (χ4v) is 6.84. The van der Waals surface area contributed by atoms with Crippen molar-refractivity contribution in [3.63, 3.8) is 0 Å². The van der Waals surface area contributed by atoms with Crippen LogP contribution in [0.5, 0.6) is 0 Å². The molecule has 6 atom stereocenters. The number of ether oxygens (including phenoxy) is 2. The molecule has 6 nitrogen and oxygen atoms in total. The number of epoxide rings is 1. The van der Waals surface area contributed by atoms with Crippen molar-refractivity contribution in [2.45, 2.75) is 57.7 Å². The van der Waals surface area contributed by atoms with Gasteiger partial charge in [0.15, 0.2) is 0 Å². The quantitative estimate of drug-likeness (QED) is 0.554. The van der Waals surface area contributed by atoms with E-state index in [2.05, 4.69) is 6.92 Å². The van der Waals surface area contributed by atoms with Crippen molar-refractivity contribution in [2.24, 2.45) is 23.2 Å². The van der Waals surface area contributed by atoms with Crippen molar-refractivity contribution in [1.29, 1.82) is 0 Å². The smallest absolute Gasteiger partial charge is 0.315 e. The molecule has 5 fully saturated rings. The molecule has 1 amide bonds. The van der Waals surface area contributed by atoms with Crippen LogP contribution in [0.2, 0.25) is 0 Å². The summed E-state index contributed by atoms with van der Waals surface area (Å²) in [5.74, 6) is 1.15. The molecule has 0 bridgehead atoms. The highest BCUT2D eigenvalue weighted by Gasteiger charge is 2.65. The number of esters is 1. The van der Waals surface area contributed by atoms with Crippen molar-refractivity contribution in [3.8, 4) is 0 Å². The fraction of sp³-hybridized carbons (Fsp3) is 0.905. The van der Waals surface area contributed by atoms with Crippen molar-refractivity contribution in [1.82, 2.24) is 4.90 Å². The van der Waals surface area contributed by atoms with Gasteiger partial charge in [-0.15, -0.1) is 0 Å². The maximum Gasteiger partial charge on any atom is 0.315 e. The van der Waals surface area contributed by atoms with Crippen molar-refractivity contribution >= 4 is 11.9 Å². The van der Waals surface area contributed by atoms with E-state index in [1.807, 2.05) is 4.90 Å². The second kappa shape index (κ2) is 6.18. The summed E-state index contributed by atoms with van der Waals surface area (Å²) in [6.45, 7) is 9.32. The third-order valence-corrected chi connectivity index (χ3v) is 8.50. The van der Waals surface area contributed by atoms with Crippen LogP contribution in [0.3, 0.4) is 0 Å². The monoisotopic (exact) mass is 377 g/mol. The molecule has 150 valence electrons. The van der Waals surface area contributed by atoms with Crippen molar-refractivity contribution in [3.05, 3.63) is 0 Å². The van der Waals surface area contributed by atoms with Gasteiger partial charge in [0.25, 0.3) is 0 Å². The minimum atomic E-state index is 0.0242. The lowest BCUT2D eigenvalue weighted by Crippen LogP contribution is -3.15. The van der Waals surface area contributed by atoms with Gasteiger partial charge in [-0.25, -0.2) is 0 Å². The lowest BCUT2D eigenvalue weighted by Gasteiger charge is -2.51. The maximum absolute atomic E-state index is 12.7. The average Bonchev–Trinajstić information content (AvgIpc) is 3.33. The van der Waals surface area contributed by atoms with Crippen LogP contribution in [0.25, 0.3) is 0 Å². The number of fused-ring (bicyclic) bond motifs is 3. The lowest BCUT2D eigenvalue weighted by molar-refractivity contribution is -0.906. The summed E-state index contributed by atoms with van der Waals surface area (Å²) in [6.07, 6.45) is 5.89. The van der Waals surface area contributed by atoms with Crippen LogP contribution in [0, 0.1) is 23.2 Å². The molecular weight excluding hydrogens is 344 g/mol. The maximum atomic E-state index is 12.7. The van der Waals surface area contributed by atoms with E-state index in [0.29, 0.717) is 11.8 Å². The summed E-state index contributed by atoms with van der Waals surface area (Å²) < 4.78 is 11.9. The normalized spacial score (nSPS) is 46.7. The Morgan fingerprint density at radius 1 is 1.30 bits per heavy atom. The first-order valence-corrected chi connectivity index (χ1v) is 10.8. The highest BCUT2D eigenvalue weighted by atomic mass is 16.6. The number of carbonyl (C=O) groups is 2. The number of carbonyl (C=O) groups excluding carboxylic acids is 2. The molecule has 2 aliphatic carbocycles. The summed E-state index contributed by atoms with van der Waals surface area (Å²) in [4.78, 5) is 27.7. The van der Waals surface area contributed by atoms with Gasteiger partial charge in [0.05, 0.1) is 44.9 Å². The Morgan fingerprint density at radius 2 is 2.04 bits per heavy atom. The number of amides is 1. The Balaban J connectivity index is 1.28. The number of nitrogens with one attached hydrogen (secondary N) is 1. The first-order valence-electron chi connectivity index (χ1n) is 10.8. The van der Waals surface area contributed by atoms with Crippen molar-refractivity contribution < 1.29 is 24.0 Å². The van der Waals surface area contributed by atoms with E-state index in [-0.39, 0.29) is 34.9 Å². The number of hydrogen-bond donors (Lipinski definition) is 1. The minimum Gasteiger partial charge on any atom is -0.462 e. The van der Waals surface area contributed by atoms with E-state index >= 15 is 0 Å². The molecule has 3 saturated heterocycles. The molecular formula is C21H33N2O4+. The standard InChI is InChI=1S/C21H32N2O4/c1-14(24)23-8-6-22(7-9-23)12-16-15-10-18-20(2,11-17(15)27-19(16)25)4-3-5-21(18)13-26-21/h15-18H,3-13H2,1-2H3/p+1/t15-,16-,17-,18-,20-,21+/m1/s1. The summed E-state index contributed by atoms with van der Waals surface area (Å²) in [7, 11) is 0. The first kappa shape index (κ1) is 17.9. The van der Waals surface area contributed by atoms with E-state index < -0.39 is 0 Å². The number of quaternary nitrogens is 1.